The van der Waals surface area contributed by atoms with Crippen LogP contribution in [0, 0.1) is 0 Å². The van der Waals surface area contributed by atoms with Gasteiger partial charge in [-0.1, -0.05) is 45.0 Å². The molecule has 1 amide bonds. The Hall–Kier alpha value is -1.65. The molecule has 0 aromatic heterocycles. The Morgan fingerprint density at radius 3 is 2.38 bits per heavy atom. The van der Waals surface area contributed by atoms with Gasteiger partial charge in [-0.25, -0.2) is 5.01 Å². The minimum absolute atomic E-state index is 0.100. The average Bonchev–Trinajstić information content (AvgIpc) is 2.46. The van der Waals surface area contributed by atoms with Gasteiger partial charge >= 0.3 is 0 Å². The maximum atomic E-state index is 11.8. The first-order valence-electron chi connectivity index (χ1n) is 7.37. The Morgan fingerprint density at radius 1 is 1.19 bits per heavy atom. The van der Waals surface area contributed by atoms with Crippen molar-refractivity contribution in [2.75, 3.05) is 26.3 Å². The zero-order valence-electron chi connectivity index (χ0n) is 13.1. The number of nitrogens with zero attached hydrogens (tertiary/aromatic N) is 1. The molecule has 0 atom stereocenters. The van der Waals surface area contributed by atoms with E-state index in [4.69, 9.17) is 4.74 Å². The quantitative estimate of drug-likeness (QED) is 0.868. The van der Waals surface area contributed by atoms with Crippen LogP contribution in [0.3, 0.4) is 0 Å². The molecule has 21 heavy (non-hydrogen) atoms. The second-order valence-corrected chi connectivity index (χ2v) is 6.28. The molecule has 0 saturated carbocycles. The van der Waals surface area contributed by atoms with Gasteiger partial charge in [0.25, 0.3) is 5.91 Å². The number of morpholine rings is 1. The molecule has 4 heteroatoms. The summed E-state index contributed by atoms with van der Waals surface area (Å²) >= 11 is 0. The van der Waals surface area contributed by atoms with E-state index < -0.39 is 0 Å². The summed E-state index contributed by atoms with van der Waals surface area (Å²) in [6.07, 6.45) is 3.41. The Morgan fingerprint density at radius 2 is 1.81 bits per heavy atom. The molecule has 0 bridgehead atoms. The predicted molar refractivity (Wildman–Crippen MR) is 84.7 cm³/mol. The Kier molecular flexibility index (Phi) is 5.15. The van der Waals surface area contributed by atoms with Gasteiger partial charge in [0.05, 0.1) is 13.2 Å². The van der Waals surface area contributed by atoms with E-state index in [1.807, 2.05) is 23.2 Å². The van der Waals surface area contributed by atoms with Crippen LogP contribution in [-0.4, -0.2) is 37.2 Å². The molecule has 1 aliphatic heterocycles. The second-order valence-electron chi connectivity index (χ2n) is 6.28. The number of amides is 1. The van der Waals surface area contributed by atoms with Crippen LogP contribution in [0.25, 0.3) is 6.08 Å². The lowest BCUT2D eigenvalue weighted by molar-refractivity contribution is -0.123. The molecule has 0 radical (unpaired) electrons. The molecule has 114 valence electrons. The summed E-state index contributed by atoms with van der Waals surface area (Å²) in [5.41, 5.74) is 5.32. The number of benzene rings is 1. The van der Waals surface area contributed by atoms with Gasteiger partial charge < -0.3 is 4.74 Å². The zero-order valence-corrected chi connectivity index (χ0v) is 13.1. The van der Waals surface area contributed by atoms with Gasteiger partial charge in [0.15, 0.2) is 0 Å². The van der Waals surface area contributed by atoms with E-state index in [1.54, 1.807) is 6.08 Å². The van der Waals surface area contributed by atoms with Crippen molar-refractivity contribution in [3.8, 4) is 0 Å². The third kappa shape index (κ3) is 4.99. The number of rotatable bonds is 3. The summed E-state index contributed by atoms with van der Waals surface area (Å²) in [4.78, 5) is 11.8. The van der Waals surface area contributed by atoms with Crippen LogP contribution >= 0.6 is 0 Å². The summed E-state index contributed by atoms with van der Waals surface area (Å²) < 4.78 is 5.24. The fraction of sp³-hybridized carbons (Fsp3) is 0.471. The van der Waals surface area contributed by atoms with Crippen molar-refractivity contribution < 1.29 is 9.53 Å². The van der Waals surface area contributed by atoms with Crippen LogP contribution in [0.5, 0.6) is 0 Å². The van der Waals surface area contributed by atoms with Crippen molar-refractivity contribution in [2.45, 2.75) is 26.2 Å². The lowest BCUT2D eigenvalue weighted by Gasteiger charge is -2.26. The summed E-state index contributed by atoms with van der Waals surface area (Å²) in [6, 6.07) is 8.30. The van der Waals surface area contributed by atoms with Crippen LogP contribution in [0.1, 0.15) is 31.9 Å². The first-order chi connectivity index (χ1) is 9.95. The smallest absolute Gasteiger partial charge is 0.258 e. The molecule has 1 aliphatic rings. The normalized spacial score (nSPS) is 17.1. The molecule has 1 N–H and O–H groups in total. The minimum Gasteiger partial charge on any atom is -0.379 e. The largest absolute Gasteiger partial charge is 0.379 e. The van der Waals surface area contributed by atoms with Crippen LogP contribution in [0.2, 0.25) is 0 Å². The number of carbonyl (C=O) groups excluding carboxylic acids is 1. The van der Waals surface area contributed by atoms with Crippen LogP contribution in [-0.2, 0) is 14.9 Å². The Labute approximate surface area is 126 Å². The highest BCUT2D eigenvalue weighted by molar-refractivity contribution is 5.91. The van der Waals surface area contributed by atoms with Crippen molar-refractivity contribution in [1.82, 2.24) is 10.4 Å². The van der Waals surface area contributed by atoms with Crippen LogP contribution in [0.15, 0.2) is 30.3 Å². The molecule has 2 rings (SSSR count). The summed E-state index contributed by atoms with van der Waals surface area (Å²) in [7, 11) is 0. The Bertz CT molecular complexity index is 495. The number of hydrogen-bond acceptors (Lipinski definition) is 3. The highest BCUT2D eigenvalue weighted by atomic mass is 16.5. The first kappa shape index (κ1) is 15.7. The van der Waals surface area contributed by atoms with Crippen LogP contribution in [0.4, 0.5) is 0 Å². The van der Waals surface area contributed by atoms with E-state index in [0.29, 0.717) is 13.2 Å². The van der Waals surface area contributed by atoms with Gasteiger partial charge in [-0.05, 0) is 22.6 Å². The molecule has 1 heterocycles. The van der Waals surface area contributed by atoms with Crippen molar-refractivity contribution in [3.63, 3.8) is 0 Å². The fourth-order valence-electron chi connectivity index (χ4n) is 2.13. The topological polar surface area (TPSA) is 41.6 Å². The maximum absolute atomic E-state index is 11.8. The van der Waals surface area contributed by atoms with E-state index in [-0.39, 0.29) is 11.3 Å². The average molecular weight is 288 g/mol. The Balaban J connectivity index is 1.89. The minimum atomic E-state index is -0.100. The fourth-order valence-corrected chi connectivity index (χ4v) is 2.13. The van der Waals surface area contributed by atoms with Crippen molar-refractivity contribution >= 4 is 12.0 Å². The maximum Gasteiger partial charge on any atom is 0.258 e. The summed E-state index contributed by atoms with van der Waals surface area (Å²) in [6.45, 7) is 9.37. The highest BCUT2D eigenvalue weighted by Crippen LogP contribution is 2.22. The van der Waals surface area contributed by atoms with Crippen molar-refractivity contribution in [1.29, 1.82) is 0 Å². The van der Waals surface area contributed by atoms with E-state index >= 15 is 0 Å². The van der Waals surface area contributed by atoms with Crippen molar-refractivity contribution in [3.05, 3.63) is 41.5 Å². The number of carbonyl (C=O) groups is 1. The molecule has 1 saturated heterocycles. The zero-order chi connectivity index (χ0) is 15.3. The standard InChI is InChI=1S/C17H24N2O2/c1-17(2,3)15-7-4-14(5-8-15)6-9-16(20)18-19-10-12-21-13-11-19/h4-9H,10-13H2,1-3H3,(H,18,20). The van der Waals surface area contributed by atoms with Crippen molar-refractivity contribution in [2.24, 2.45) is 0 Å². The molecule has 1 aromatic rings. The molecule has 4 nitrogen and oxygen atoms in total. The highest BCUT2D eigenvalue weighted by Gasteiger charge is 2.13. The number of hydrogen-bond donors (Lipinski definition) is 1. The lowest BCUT2D eigenvalue weighted by atomic mass is 9.87. The number of hydrazine groups is 1. The number of ether oxygens (including phenoxy) is 1. The van der Waals surface area contributed by atoms with Gasteiger partial charge in [-0.2, -0.15) is 0 Å². The van der Waals surface area contributed by atoms with E-state index in [0.717, 1.165) is 18.7 Å². The van der Waals surface area contributed by atoms with Crippen LogP contribution < -0.4 is 5.43 Å². The molecule has 1 fully saturated rings. The molecule has 0 unspecified atom stereocenters. The third-order valence-corrected chi connectivity index (χ3v) is 3.48. The summed E-state index contributed by atoms with van der Waals surface area (Å²) in [5, 5.41) is 1.89. The monoisotopic (exact) mass is 288 g/mol. The second kappa shape index (κ2) is 6.87. The molecule has 0 aliphatic carbocycles. The van der Waals surface area contributed by atoms with Gasteiger partial charge in [-0.15, -0.1) is 0 Å². The van der Waals surface area contributed by atoms with E-state index in [2.05, 4.69) is 38.3 Å². The van der Waals surface area contributed by atoms with E-state index in [9.17, 15) is 4.79 Å². The molecular weight excluding hydrogens is 264 g/mol. The SMILES string of the molecule is CC(C)(C)c1ccc(C=CC(=O)NN2CCOCC2)cc1. The van der Waals surface area contributed by atoms with Gasteiger partial charge in [0.1, 0.15) is 0 Å². The molecular formula is C17H24N2O2. The predicted octanol–water partition coefficient (Wildman–Crippen LogP) is 2.36. The van der Waals surface area contributed by atoms with Gasteiger partial charge in [0.2, 0.25) is 0 Å². The first-order valence-corrected chi connectivity index (χ1v) is 7.37. The molecule has 1 aromatic carbocycles. The molecule has 0 spiro atoms. The summed E-state index contributed by atoms with van der Waals surface area (Å²) in [5.74, 6) is -0.100. The third-order valence-electron chi connectivity index (χ3n) is 3.48. The van der Waals surface area contributed by atoms with Gasteiger partial charge in [-0.3, -0.25) is 10.2 Å². The van der Waals surface area contributed by atoms with E-state index in [1.165, 1.54) is 5.56 Å². The number of nitrogens with one attached hydrogen (secondary N) is 1. The van der Waals surface area contributed by atoms with Gasteiger partial charge in [0, 0.05) is 19.2 Å². The lowest BCUT2D eigenvalue weighted by Crippen LogP contribution is -2.47.